The van der Waals surface area contributed by atoms with Crippen molar-refractivity contribution in [3.8, 4) is 0 Å². The summed E-state index contributed by atoms with van der Waals surface area (Å²) in [4.78, 5) is 0. The molecule has 0 saturated carbocycles. The first-order valence-corrected chi connectivity index (χ1v) is 12.5. The van der Waals surface area contributed by atoms with Crippen molar-refractivity contribution in [3.63, 3.8) is 0 Å². The van der Waals surface area contributed by atoms with E-state index in [1.165, 1.54) is 0 Å². The van der Waals surface area contributed by atoms with Crippen molar-refractivity contribution in [2.45, 2.75) is 44.2 Å². The van der Waals surface area contributed by atoms with E-state index in [0.717, 1.165) is 22.3 Å². The Hall–Kier alpha value is -3.28. The maximum Gasteiger partial charge on any atom is 0.117 e. The number of benzene rings is 4. The minimum Gasteiger partial charge on any atom is -0.374 e. The number of rotatable bonds is 11. The van der Waals surface area contributed by atoms with Crippen LogP contribution in [-0.2, 0) is 38.8 Å². The zero-order chi connectivity index (χ0) is 24.4. The summed E-state index contributed by atoms with van der Waals surface area (Å²) >= 11 is 0. The second kappa shape index (κ2) is 12.6. The minimum absolute atomic E-state index is 0.249. The first-order chi connectivity index (χ1) is 17.9. The van der Waals surface area contributed by atoms with E-state index in [1.807, 2.05) is 72.8 Å². The number of ether oxygens (including phenoxy) is 4. The first-order valence-electron chi connectivity index (χ1n) is 12.5. The molecule has 0 N–H and O–H groups in total. The molecular formula is C32H32O4. The molecule has 4 nitrogen and oxygen atoms in total. The summed E-state index contributed by atoms with van der Waals surface area (Å²) in [6, 6.07) is 40.9. The Bertz CT molecular complexity index is 1150. The maximum absolute atomic E-state index is 6.61. The van der Waals surface area contributed by atoms with E-state index in [0.29, 0.717) is 26.4 Å². The second-order valence-corrected chi connectivity index (χ2v) is 9.03. The molecule has 0 amide bonds. The molecule has 5 rings (SSSR count). The number of hydrogen-bond donors (Lipinski definition) is 0. The van der Waals surface area contributed by atoms with Crippen LogP contribution in [0.3, 0.4) is 0 Å². The van der Waals surface area contributed by atoms with Crippen LogP contribution in [0.5, 0.6) is 0 Å². The van der Waals surface area contributed by atoms with Crippen LogP contribution in [0.4, 0.5) is 0 Å². The maximum atomic E-state index is 6.61. The molecule has 36 heavy (non-hydrogen) atoms. The molecule has 0 aliphatic carbocycles. The largest absolute Gasteiger partial charge is 0.374 e. The lowest BCUT2D eigenvalue weighted by atomic mass is 10.0. The van der Waals surface area contributed by atoms with Crippen molar-refractivity contribution in [1.29, 1.82) is 0 Å². The molecule has 4 aromatic rings. The average Bonchev–Trinajstić information content (AvgIpc) is 3.30. The molecule has 4 aromatic carbocycles. The fourth-order valence-corrected chi connectivity index (χ4v) is 4.56. The van der Waals surface area contributed by atoms with Gasteiger partial charge in [-0.3, -0.25) is 0 Å². The van der Waals surface area contributed by atoms with E-state index in [-0.39, 0.29) is 24.4 Å². The van der Waals surface area contributed by atoms with Gasteiger partial charge in [-0.25, -0.2) is 0 Å². The quantitative estimate of drug-likeness (QED) is 0.245. The van der Waals surface area contributed by atoms with E-state index in [4.69, 9.17) is 18.9 Å². The third kappa shape index (κ3) is 6.48. The Morgan fingerprint density at radius 1 is 0.500 bits per heavy atom. The van der Waals surface area contributed by atoms with E-state index in [2.05, 4.69) is 48.5 Å². The topological polar surface area (TPSA) is 36.9 Å². The van der Waals surface area contributed by atoms with Gasteiger partial charge in [0.25, 0.3) is 0 Å². The predicted molar refractivity (Wildman–Crippen MR) is 140 cm³/mol. The molecule has 1 aliphatic heterocycles. The summed E-state index contributed by atoms with van der Waals surface area (Å²) in [5.74, 6) is 0. The normalized spacial score (nSPS) is 21.4. The molecule has 1 heterocycles. The van der Waals surface area contributed by atoms with Gasteiger partial charge < -0.3 is 18.9 Å². The van der Waals surface area contributed by atoms with Gasteiger partial charge in [0.2, 0.25) is 0 Å². The summed E-state index contributed by atoms with van der Waals surface area (Å²) in [5, 5.41) is 0. The van der Waals surface area contributed by atoms with Gasteiger partial charge in [0.1, 0.15) is 24.4 Å². The zero-order valence-corrected chi connectivity index (χ0v) is 20.3. The summed E-state index contributed by atoms with van der Waals surface area (Å²) in [6.45, 7) is 1.91. The standard InChI is InChI=1S/C32H32O4/c1-5-13-25(14-6-1)21-33-24-29-31(34-22-26-15-7-2-8-16-26)32(35-23-27-17-9-3-10-18-27)30(36-29)28-19-11-4-12-20-28/h1-20,29-32H,21-24H2. The van der Waals surface area contributed by atoms with Gasteiger partial charge in [0, 0.05) is 0 Å². The Labute approximate surface area is 213 Å². The van der Waals surface area contributed by atoms with Crippen LogP contribution in [0, 0.1) is 0 Å². The molecule has 1 aliphatic rings. The van der Waals surface area contributed by atoms with E-state index >= 15 is 0 Å². The lowest BCUT2D eigenvalue weighted by molar-refractivity contribution is -0.0898. The molecular weight excluding hydrogens is 448 g/mol. The van der Waals surface area contributed by atoms with Crippen molar-refractivity contribution >= 4 is 0 Å². The van der Waals surface area contributed by atoms with Crippen LogP contribution in [0.2, 0.25) is 0 Å². The third-order valence-corrected chi connectivity index (χ3v) is 6.40. The lowest BCUT2D eigenvalue weighted by Crippen LogP contribution is -2.37. The Morgan fingerprint density at radius 2 is 0.944 bits per heavy atom. The average molecular weight is 481 g/mol. The molecule has 4 heteroatoms. The molecule has 1 saturated heterocycles. The Balaban J connectivity index is 1.35. The fourth-order valence-electron chi connectivity index (χ4n) is 4.56. The monoisotopic (exact) mass is 480 g/mol. The van der Waals surface area contributed by atoms with E-state index in [9.17, 15) is 0 Å². The van der Waals surface area contributed by atoms with Crippen LogP contribution < -0.4 is 0 Å². The van der Waals surface area contributed by atoms with Crippen LogP contribution in [-0.4, -0.2) is 24.9 Å². The van der Waals surface area contributed by atoms with Gasteiger partial charge in [0.05, 0.1) is 26.4 Å². The van der Waals surface area contributed by atoms with E-state index in [1.54, 1.807) is 0 Å². The highest BCUT2D eigenvalue weighted by Gasteiger charge is 2.47. The third-order valence-electron chi connectivity index (χ3n) is 6.40. The van der Waals surface area contributed by atoms with Crippen molar-refractivity contribution in [2.75, 3.05) is 6.61 Å². The molecule has 1 fully saturated rings. The first kappa shape index (κ1) is 24.4. The molecule has 184 valence electrons. The highest BCUT2D eigenvalue weighted by molar-refractivity contribution is 5.22. The van der Waals surface area contributed by atoms with Crippen molar-refractivity contribution in [2.24, 2.45) is 0 Å². The zero-order valence-electron chi connectivity index (χ0n) is 20.3. The second-order valence-electron chi connectivity index (χ2n) is 9.03. The van der Waals surface area contributed by atoms with Crippen molar-refractivity contribution < 1.29 is 18.9 Å². The molecule has 0 aromatic heterocycles. The SMILES string of the molecule is c1ccc(COCC2OC(c3ccccc3)C(OCc3ccccc3)C2OCc2ccccc2)cc1. The molecule has 0 bridgehead atoms. The molecule has 4 unspecified atom stereocenters. The fraction of sp³-hybridized carbons (Fsp3) is 0.250. The highest BCUT2D eigenvalue weighted by atomic mass is 16.6. The number of hydrogen-bond acceptors (Lipinski definition) is 4. The molecule has 0 spiro atoms. The molecule has 4 atom stereocenters. The van der Waals surface area contributed by atoms with Gasteiger partial charge in [-0.05, 0) is 22.3 Å². The Morgan fingerprint density at radius 3 is 1.47 bits per heavy atom. The predicted octanol–water partition coefficient (Wildman–Crippen LogP) is 6.51. The van der Waals surface area contributed by atoms with Gasteiger partial charge in [0.15, 0.2) is 0 Å². The highest BCUT2D eigenvalue weighted by Crippen LogP contribution is 2.38. The lowest BCUT2D eigenvalue weighted by Gasteiger charge is -2.25. The minimum atomic E-state index is -0.283. The van der Waals surface area contributed by atoms with Crippen LogP contribution >= 0.6 is 0 Å². The van der Waals surface area contributed by atoms with Crippen LogP contribution in [0.15, 0.2) is 121 Å². The van der Waals surface area contributed by atoms with Crippen LogP contribution in [0.1, 0.15) is 28.4 Å². The smallest absolute Gasteiger partial charge is 0.117 e. The summed E-state index contributed by atoms with van der Waals surface area (Å²) in [5.41, 5.74) is 4.45. The van der Waals surface area contributed by atoms with Crippen molar-refractivity contribution in [1.82, 2.24) is 0 Å². The summed E-state index contributed by atoms with van der Waals surface area (Å²) in [7, 11) is 0. The summed E-state index contributed by atoms with van der Waals surface area (Å²) in [6.07, 6.45) is -1.07. The van der Waals surface area contributed by atoms with E-state index < -0.39 is 0 Å². The van der Waals surface area contributed by atoms with Crippen LogP contribution in [0.25, 0.3) is 0 Å². The van der Waals surface area contributed by atoms with Gasteiger partial charge in [-0.15, -0.1) is 0 Å². The van der Waals surface area contributed by atoms with Gasteiger partial charge in [-0.1, -0.05) is 121 Å². The summed E-state index contributed by atoms with van der Waals surface area (Å²) < 4.78 is 25.8. The van der Waals surface area contributed by atoms with Gasteiger partial charge in [-0.2, -0.15) is 0 Å². The van der Waals surface area contributed by atoms with Gasteiger partial charge >= 0.3 is 0 Å². The van der Waals surface area contributed by atoms with Crippen molar-refractivity contribution in [3.05, 3.63) is 144 Å². The molecule has 0 radical (unpaired) electrons. The Kier molecular flexibility index (Phi) is 8.55.